The van der Waals surface area contributed by atoms with Crippen LogP contribution in [0, 0.1) is 5.38 Å². The second kappa shape index (κ2) is 3.89. The van der Waals surface area contributed by atoms with Crippen LogP contribution in [-0.2, 0) is 0 Å². The Balaban J connectivity index is 2.41. The van der Waals surface area contributed by atoms with Gasteiger partial charge in [0.25, 0.3) is 0 Å². The summed E-state index contributed by atoms with van der Waals surface area (Å²) in [6.45, 7) is 0. The standard InChI is InChI=1S/C9H7N2S2/c1-12-9-10-5-4-7(11-9)8-3-2-6-13-8/h2-5H,1H3. The Morgan fingerprint density at radius 3 is 3.08 bits per heavy atom. The van der Waals surface area contributed by atoms with Crippen LogP contribution in [0.1, 0.15) is 0 Å². The molecule has 0 amide bonds. The Morgan fingerprint density at radius 2 is 2.38 bits per heavy atom. The molecule has 0 N–H and O–H groups in total. The van der Waals surface area contributed by atoms with Crippen molar-refractivity contribution in [2.45, 2.75) is 5.16 Å². The summed E-state index contributed by atoms with van der Waals surface area (Å²) in [4.78, 5) is 9.63. The van der Waals surface area contributed by atoms with E-state index >= 15 is 0 Å². The van der Waals surface area contributed by atoms with Crippen molar-refractivity contribution in [3.63, 3.8) is 0 Å². The summed E-state index contributed by atoms with van der Waals surface area (Å²) < 4.78 is 0. The van der Waals surface area contributed by atoms with Crippen molar-refractivity contribution < 1.29 is 0 Å². The summed E-state index contributed by atoms with van der Waals surface area (Å²) in [6, 6.07) is 5.83. The Hall–Kier alpha value is -0.870. The van der Waals surface area contributed by atoms with Gasteiger partial charge in [-0.2, -0.15) is 0 Å². The molecule has 0 saturated carbocycles. The van der Waals surface area contributed by atoms with Crippen LogP contribution in [0.4, 0.5) is 0 Å². The van der Waals surface area contributed by atoms with E-state index in [1.54, 1.807) is 29.3 Å². The van der Waals surface area contributed by atoms with E-state index in [-0.39, 0.29) is 0 Å². The lowest BCUT2D eigenvalue weighted by molar-refractivity contribution is 0.978. The van der Waals surface area contributed by atoms with Crippen LogP contribution in [0.25, 0.3) is 10.6 Å². The number of aromatic nitrogens is 2. The highest BCUT2D eigenvalue weighted by atomic mass is 32.2. The maximum absolute atomic E-state index is 4.38. The van der Waals surface area contributed by atoms with Gasteiger partial charge >= 0.3 is 0 Å². The number of nitrogens with zero attached hydrogens (tertiary/aromatic N) is 2. The third-order valence-corrected chi connectivity index (χ3v) is 2.92. The van der Waals surface area contributed by atoms with E-state index < -0.39 is 0 Å². The number of thiophene rings is 1. The molecule has 0 aliphatic heterocycles. The van der Waals surface area contributed by atoms with Gasteiger partial charge in [0.15, 0.2) is 5.16 Å². The van der Waals surface area contributed by atoms with Crippen molar-refractivity contribution in [1.29, 1.82) is 0 Å². The largest absolute Gasteiger partial charge is 0.231 e. The topological polar surface area (TPSA) is 25.8 Å². The van der Waals surface area contributed by atoms with Gasteiger partial charge in [-0.1, -0.05) is 11.8 Å². The molecule has 0 aromatic carbocycles. The predicted octanol–water partition coefficient (Wildman–Crippen LogP) is 2.73. The summed E-state index contributed by atoms with van der Waals surface area (Å²) in [7, 11) is 0. The van der Waals surface area contributed by atoms with Gasteiger partial charge in [0.2, 0.25) is 0 Å². The molecule has 4 heteroatoms. The normalized spacial score (nSPS) is 10.2. The first-order valence-corrected chi connectivity index (χ1v) is 5.77. The molecule has 13 heavy (non-hydrogen) atoms. The fraction of sp³-hybridized carbons (Fsp3) is 0.111. The molecule has 0 fully saturated rings. The molecule has 0 bridgehead atoms. The fourth-order valence-corrected chi connectivity index (χ4v) is 1.93. The number of hydrogen-bond acceptors (Lipinski definition) is 4. The third-order valence-electron chi connectivity index (χ3n) is 1.54. The highest BCUT2D eigenvalue weighted by Gasteiger charge is 2.01. The maximum atomic E-state index is 4.38. The van der Waals surface area contributed by atoms with Gasteiger partial charge in [0, 0.05) is 11.6 Å². The van der Waals surface area contributed by atoms with E-state index in [1.807, 2.05) is 24.5 Å². The molecule has 0 unspecified atom stereocenters. The van der Waals surface area contributed by atoms with Crippen molar-refractivity contribution in [2.24, 2.45) is 0 Å². The van der Waals surface area contributed by atoms with Crippen molar-refractivity contribution in [3.8, 4) is 10.6 Å². The molecular weight excluding hydrogens is 200 g/mol. The summed E-state index contributed by atoms with van der Waals surface area (Å²) in [6.07, 6.45) is 3.76. The third kappa shape index (κ3) is 1.89. The van der Waals surface area contributed by atoms with Gasteiger partial charge in [-0.3, -0.25) is 0 Å². The predicted molar refractivity (Wildman–Crippen MR) is 56.0 cm³/mol. The number of rotatable bonds is 2. The zero-order valence-corrected chi connectivity index (χ0v) is 8.65. The molecule has 1 radical (unpaired) electrons. The molecule has 2 nitrogen and oxygen atoms in total. The molecule has 2 aromatic rings. The smallest absolute Gasteiger partial charge is 0.187 e. The van der Waals surface area contributed by atoms with Crippen molar-refractivity contribution >= 4 is 23.1 Å². The minimum Gasteiger partial charge on any atom is -0.231 e. The quantitative estimate of drug-likeness (QED) is 0.559. The monoisotopic (exact) mass is 207 g/mol. The van der Waals surface area contributed by atoms with Crippen LogP contribution in [-0.4, -0.2) is 16.2 Å². The SMILES string of the molecule is CSc1nccc(-c2cc[c]s2)n1. The summed E-state index contributed by atoms with van der Waals surface area (Å²) >= 11 is 3.12. The Bertz CT molecular complexity index is 384. The molecule has 0 aliphatic carbocycles. The Morgan fingerprint density at radius 1 is 1.46 bits per heavy atom. The van der Waals surface area contributed by atoms with E-state index in [4.69, 9.17) is 0 Å². The Labute approximate surface area is 85.1 Å². The van der Waals surface area contributed by atoms with Gasteiger partial charge in [-0.05, 0) is 24.5 Å². The van der Waals surface area contributed by atoms with Crippen LogP contribution in [0.15, 0.2) is 29.6 Å². The molecule has 2 aromatic heterocycles. The molecule has 65 valence electrons. The van der Waals surface area contributed by atoms with Gasteiger partial charge < -0.3 is 0 Å². The zero-order valence-electron chi connectivity index (χ0n) is 7.02. The van der Waals surface area contributed by atoms with Crippen LogP contribution in [0.5, 0.6) is 0 Å². The summed E-state index contributed by atoms with van der Waals surface area (Å²) in [5.74, 6) is 0. The maximum Gasteiger partial charge on any atom is 0.187 e. The van der Waals surface area contributed by atoms with Crippen LogP contribution in [0.2, 0.25) is 0 Å². The first-order valence-electron chi connectivity index (χ1n) is 3.73. The molecule has 2 rings (SSSR count). The second-order valence-corrected chi connectivity index (χ2v) is 4.00. The summed E-state index contributed by atoms with van der Waals surface area (Å²) in [5, 5.41) is 3.85. The van der Waals surface area contributed by atoms with Gasteiger partial charge in [-0.25, -0.2) is 9.97 Å². The van der Waals surface area contributed by atoms with Crippen molar-refractivity contribution in [2.75, 3.05) is 6.26 Å². The van der Waals surface area contributed by atoms with E-state index in [9.17, 15) is 0 Å². The molecule has 0 aliphatic rings. The van der Waals surface area contributed by atoms with Crippen LogP contribution in [0.3, 0.4) is 0 Å². The highest BCUT2D eigenvalue weighted by molar-refractivity contribution is 7.98. The summed E-state index contributed by atoms with van der Waals surface area (Å²) in [5.41, 5.74) is 0.977. The number of thioether (sulfide) groups is 1. The lowest BCUT2D eigenvalue weighted by atomic mass is 10.3. The molecule has 2 heterocycles. The molecule has 0 spiro atoms. The van der Waals surface area contributed by atoms with Gasteiger partial charge in [-0.15, -0.1) is 11.3 Å². The second-order valence-electron chi connectivity index (χ2n) is 2.35. The molecular formula is C9H7N2S2. The van der Waals surface area contributed by atoms with E-state index in [0.29, 0.717) is 0 Å². The lowest BCUT2D eigenvalue weighted by Gasteiger charge is -1.97. The van der Waals surface area contributed by atoms with E-state index in [2.05, 4.69) is 15.3 Å². The minimum atomic E-state index is 0.811. The van der Waals surface area contributed by atoms with Crippen molar-refractivity contribution in [3.05, 3.63) is 29.8 Å². The van der Waals surface area contributed by atoms with Gasteiger partial charge in [0.1, 0.15) is 0 Å². The first kappa shape index (κ1) is 8.72. The molecule has 0 saturated heterocycles. The van der Waals surface area contributed by atoms with E-state index in [0.717, 1.165) is 15.7 Å². The highest BCUT2D eigenvalue weighted by Crippen LogP contribution is 2.22. The minimum absolute atomic E-state index is 0.811. The Kier molecular flexibility index (Phi) is 2.61. The fourth-order valence-electron chi connectivity index (χ4n) is 0.955. The molecule has 0 atom stereocenters. The average molecular weight is 207 g/mol. The zero-order chi connectivity index (χ0) is 9.10. The first-order chi connectivity index (χ1) is 6.40. The van der Waals surface area contributed by atoms with Crippen LogP contribution >= 0.6 is 23.1 Å². The van der Waals surface area contributed by atoms with Crippen molar-refractivity contribution in [1.82, 2.24) is 9.97 Å². The lowest BCUT2D eigenvalue weighted by Crippen LogP contribution is -1.86. The number of hydrogen-bond donors (Lipinski definition) is 0. The van der Waals surface area contributed by atoms with Gasteiger partial charge in [0.05, 0.1) is 10.6 Å². The average Bonchev–Trinajstić information content (AvgIpc) is 2.71. The van der Waals surface area contributed by atoms with E-state index in [1.165, 1.54) is 0 Å². The van der Waals surface area contributed by atoms with Crippen LogP contribution < -0.4 is 0 Å².